The molecule has 1 aliphatic carbocycles. The van der Waals surface area contributed by atoms with Crippen LogP contribution in [0.2, 0.25) is 0 Å². The van der Waals surface area contributed by atoms with Crippen molar-refractivity contribution in [2.45, 2.75) is 25.7 Å². The van der Waals surface area contributed by atoms with Gasteiger partial charge in [-0.3, -0.25) is 14.4 Å². The lowest BCUT2D eigenvalue weighted by Crippen LogP contribution is -2.42. The summed E-state index contributed by atoms with van der Waals surface area (Å²) < 4.78 is 4.83. The number of aliphatic carboxylic acids is 1. The highest BCUT2D eigenvalue weighted by atomic mass is 16.5. The van der Waals surface area contributed by atoms with Gasteiger partial charge < -0.3 is 20.1 Å². The van der Waals surface area contributed by atoms with E-state index in [0.717, 1.165) is 0 Å². The Morgan fingerprint density at radius 1 is 1.19 bits per heavy atom. The Balaban J connectivity index is 2.34. The molecule has 0 bridgehead atoms. The predicted octanol–water partition coefficient (Wildman–Crippen LogP) is 0.0984. The minimum absolute atomic E-state index is 0.0153. The largest absolute Gasteiger partial charge is 0.481 e. The first kappa shape index (κ1) is 17.4. The number of methoxy groups -OCH3 is 1. The van der Waals surface area contributed by atoms with E-state index in [1.165, 1.54) is 4.90 Å². The van der Waals surface area contributed by atoms with E-state index in [0.29, 0.717) is 38.8 Å². The second kappa shape index (κ2) is 8.61. The van der Waals surface area contributed by atoms with E-state index in [2.05, 4.69) is 5.32 Å². The number of carboxylic acid groups (broad SMARTS) is 1. The number of nitrogens with one attached hydrogen (secondary N) is 1. The minimum Gasteiger partial charge on any atom is -0.481 e. The number of likely N-dealkylation sites (N-methyl/N-ethyl adjacent to an activating group) is 1. The van der Waals surface area contributed by atoms with Crippen molar-refractivity contribution >= 4 is 17.8 Å². The molecule has 2 amide bonds. The van der Waals surface area contributed by atoms with Crippen molar-refractivity contribution in [2.75, 3.05) is 33.9 Å². The lowest BCUT2D eigenvalue weighted by atomic mass is 9.81. The third-order valence-electron chi connectivity index (χ3n) is 3.81. The molecule has 1 aliphatic rings. The van der Waals surface area contributed by atoms with Crippen molar-refractivity contribution in [1.29, 1.82) is 0 Å². The van der Waals surface area contributed by atoms with Crippen molar-refractivity contribution in [2.24, 2.45) is 11.8 Å². The van der Waals surface area contributed by atoms with Gasteiger partial charge in [0.15, 0.2) is 0 Å². The topological polar surface area (TPSA) is 95.9 Å². The maximum absolute atomic E-state index is 12.2. The van der Waals surface area contributed by atoms with E-state index < -0.39 is 5.97 Å². The number of ether oxygens (including phenoxy) is 1. The maximum atomic E-state index is 12.2. The van der Waals surface area contributed by atoms with Gasteiger partial charge in [0.2, 0.25) is 11.8 Å². The average Bonchev–Trinajstić information content (AvgIpc) is 2.46. The molecule has 1 fully saturated rings. The molecule has 0 aliphatic heterocycles. The Labute approximate surface area is 124 Å². The Bertz CT molecular complexity index is 378. The van der Waals surface area contributed by atoms with E-state index >= 15 is 0 Å². The average molecular weight is 300 g/mol. The van der Waals surface area contributed by atoms with Gasteiger partial charge in [-0.25, -0.2) is 0 Å². The van der Waals surface area contributed by atoms with E-state index in [1.54, 1.807) is 14.2 Å². The third-order valence-corrected chi connectivity index (χ3v) is 3.81. The van der Waals surface area contributed by atoms with Gasteiger partial charge in [-0.15, -0.1) is 0 Å². The number of nitrogens with zero attached hydrogens (tertiary/aromatic N) is 1. The van der Waals surface area contributed by atoms with Crippen LogP contribution in [0, 0.1) is 11.8 Å². The highest BCUT2D eigenvalue weighted by molar-refractivity contribution is 5.85. The van der Waals surface area contributed by atoms with Gasteiger partial charge in [-0.1, -0.05) is 0 Å². The molecule has 2 N–H and O–H groups in total. The Morgan fingerprint density at radius 3 is 2.29 bits per heavy atom. The fraction of sp³-hybridized carbons (Fsp3) is 0.786. The summed E-state index contributed by atoms with van der Waals surface area (Å²) in [5, 5.41) is 11.6. The number of hydrogen-bond acceptors (Lipinski definition) is 4. The van der Waals surface area contributed by atoms with Crippen LogP contribution in [0.1, 0.15) is 25.7 Å². The van der Waals surface area contributed by atoms with Crippen molar-refractivity contribution in [3.63, 3.8) is 0 Å². The summed E-state index contributed by atoms with van der Waals surface area (Å²) in [6, 6.07) is 0. The highest BCUT2D eigenvalue weighted by Gasteiger charge is 2.31. The molecule has 0 atom stereocenters. The van der Waals surface area contributed by atoms with Crippen LogP contribution in [-0.4, -0.2) is 61.6 Å². The normalized spacial score (nSPS) is 21.6. The molecule has 0 aromatic carbocycles. The zero-order valence-electron chi connectivity index (χ0n) is 12.6. The number of hydrogen-bond donors (Lipinski definition) is 2. The smallest absolute Gasteiger partial charge is 0.306 e. The van der Waals surface area contributed by atoms with Crippen LogP contribution in [0.4, 0.5) is 0 Å². The first-order chi connectivity index (χ1) is 9.95. The van der Waals surface area contributed by atoms with Gasteiger partial charge in [0.25, 0.3) is 0 Å². The molecule has 7 heteroatoms. The van der Waals surface area contributed by atoms with Crippen molar-refractivity contribution in [1.82, 2.24) is 10.2 Å². The number of carboxylic acids is 1. The molecule has 7 nitrogen and oxygen atoms in total. The highest BCUT2D eigenvalue weighted by Crippen LogP contribution is 2.29. The Kier molecular flexibility index (Phi) is 7.14. The summed E-state index contributed by atoms with van der Waals surface area (Å²) >= 11 is 0. The second-order valence-electron chi connectivity index (χ2n) is 5.42. The molecule has 0 radical (unpaired) electrons. The lowest BCUT2D eigenvalue weighted by molar-refractivity contribution is -0.145. The van der Waals surface area contributed by atoms with Crippen LogP contribution in [0.3, 0.4) is 0 Å². The quantitative estimate of drug-likeness (QED) is 0.650. The first-order valence-corrected chi connectivity index (χ1v) is 7.19. The predicted molar refractivity (Wildman–Crippen MR) is 75.6 cm³/mol. The summed E-state index contributed by atoms with van der Waals surface area (Å²) in [6.07, 6.45) is 2.20. The monoisotopic (exact) mass is 300 g/mol. The molecule has 120 valence electrons. The van der Waals surface area contributed by atoms with Crippen LogP contribution in [0.25, 0.3) is 0 Å². The van der Waals surface area contributed by atoms with Gasteiger partial charge >= 0.3 is 5.97 Å². The maximum Gasteiger partial charge on any atom is 0.306 e. The van der Waals surface area contributed by atoms with Crippen molar-refractivity contribution in [3.05, 3.63) is 0 Å². The number of carbonyl (C=O) groups is 3. The SMILES string of the molecule is COCCNC(=O)CN(C)C(=O)C1CCC(C(=O)O)CC1. The standard InChI is InChI=1S/C14H24N2O5/c1-16(9-12(17)15-7-8-21-2)13(18)10-3-5-11(6-4-10)14(19)20/h10-11H,3-9H2,1-2H3,(H,15,17)(H,19,20). The van der Waals surface area contributed by atoms with Gasteiger partial charge in [-0.2, -0.15) is 0 Å². The molecule has 0 spiro atoms. The molecule has 0 aromatic heterocycles. The van der Waals surface area contributed by atoms with Crippen molar-refractivity contribution in [3.8, 4) is 0 Å². The molecule has 1 rings (SSSR count). The fourth-order valence-electron chi connectivity index (χ4n) is 2.54. The van der Waals surface area contributed by atoms with E-state index in [-0.39, 0.29) is 30.2 Å². The van der Waals surface area contributed by atoms with E-state index in [1.807, 2.05) is 0 Å². The number of rotatable bonds is 7. The van der Waals surface area contributed by atoms with Crippen LogP contribution in [0.15, 0.2) is 0 Å². The molecule has 0 unspecified atom stereocenters. The van der Waals surface area contributed by atoms with Crippen LogP contribution >= 0.6 is 0 Å². The number of amides is 2. The molecule has 0 heterocycles. The van der Waals surface area contributed by atoms with Crippen LogP contribution < -0.4 is 5.32 Å². The first-order valence-electron chi connectivity index (χ1n) is 7.19. The van der Waals surface area contributed by atoms with Crippen LogP contribution in [-0.2, 0) is 19.1 Å². The van der Waals surface area contributed by atoms with Gasteiger partial charge in [-0.05, 0) is 25.7 Å². The zero-order valence-corrected chi connectivity index (χ0v) is 12.6. The fourth-order valence-corrected chi connectivity index (χ4v) is 2.54. The van der Waals surface area contributed by atoms with E-state index in [4.69, 9.17) is 9.84 Å². The molecular weight excluding hydrogens is 276 g/mol. The Morgan fingerprint density at radius 2 is 1.76 bits per heavy atom. The molecule has 0 saturated heterocycles. The summed E-state index contributed by atoms with van der Waals surface area (Å²) in [5.41, 5.74) is 0. The molecular formula is C14H24N2O5. The zero-order chi connectivity index (χ0) is 15.8. The van der Waals surface area contributed by atoms with Gasteiger partial charge in [0.1, 0.15) is 0 Å². The van der Waals surface area contributed by atoms with Gasteiger partial charge in [0, 0.05) is 26.6 Å². The summed E-state index contributed by atoms with van der Waals surface area (Å²) in [4.78, 5) is 36.1. The number of carbonyl (C=O) groups excluding carboxylic acids is 2. The third kappa shape index (κ3) is 5.71. The summed E-state index contributed by atoms with van der Waals surface area (Å²) in [7, 11) is 3.15. The van der Waals surface area contributed by atoms with Crippen LogP contribution in [0.5, 0.6) is 0 Å². The van der Waals surface area contributed by atoms with Crippen molar-refractivity contribution < 1.29 is 24.2 Å². The van der Waals surface area contributed by atoms with Gasteiger partial charge in [0.05, 0.1) is 19.1 Å². The van der Waals surface area contributed by atoms with E-state index in [9.17, 15) is 14.4 Å². The summed E-state index contributed by atoms with van der Waals surface area (Å²) in [6.45, 7) is 0.866. The molecule has 21 heavy (non-hydrogen) atoms. The molecule has 0 aromatic rings. The summed E-state index contributed by atoms with van der Waals surface area (Å²) in [5.74, 6) is -1.59. The lowest BCUT2D eigenvalue weighted by Gasteiger charge is -2.28. The molecule has 1 saturated carbocycles. The Hall–Kier alpha value is -1.63. The minimum atomic E-state index is -0.785. The second-order valence-corrected chi connectivity index (χ2v) is 5.42.